The molecular weight excluding hydrogens is 375 g/mol. The second kappa shape index (κ2) is 7.38. The highest BCUT2D eigenvalue weighted by Crippen LogP contribution is 2.29. The van der Waals surface area contributed by atoms with Gasteiger partial charge in [0.15, 0.2) is 16.7 Å². The minimum atomic E-state index is -0.661. The first-order valence-corrected chi connectivity index (χ1v) is 8.41. The predicted molar refractivity (Wildman–Crippen MR) is 99.5 cm³/mol. The number of methoxy groups -OCH3 is 1. The van der Waals surface area contributed by atoms with Gasteiger partial charge in [-0.3, -0.25) is 20.2 Å². The zero-order chi connectivity index (χ0) is 19.6. The van der Waals surface area contributed by atoms with Gasteiger partial charge in [0.05, 0.1) is 17.7 Å². The summed E-state index contributed by atoms with van der Waals surface area (Å²) in [5.74, 6) is -0.977. The number of ether oxygens (including phenoxy) is 1. The summed E-state index contributed by atoms with van der Waals surface area (Å²) < 4.78 is 18.7. The van der Waals surface area contributed by atoms with Crippen molar-refractivity contribution in [3.05, 3.63) is 63.3 Å². The van der Waals surface area contributed by atoms with E-state index in [0.29, 0.717) is 11.3 Å². The molecule has 0 saturated carbocycles. The lowest BCUT2D eigenvalue weighted by Gasteiger charge is -2.04. The average Bonchev–Trinajstić information content (AvgIpc) is 3.10. The molecule has 3 aromatic rings. The number of hydrogen-bond acceptors (Lipinski definition) is 7. The van der Waals surface area contributed by atoms with E-state index in [1.807, 2.05) is 0 Å². The molecule has 0 aliphatic heterocycles. The van der Waals surface area contributed by atoms with E-state index < -0.39 is 16.6 Å². The van der Waals surface area contributed by atoms with Crippen LogP contribution in [0.3, 0.4) is 0 Å². The van der Waals surface area contributed by atoms with Crippen molar-refractivity contribution >= 4 is 33.8 Å². The number of nitrogens with zero attached hydrogens (tertiary/aromatic N) is 2. The molecule has 3 N–H and O–H groups in total. The Bertz CT molecular complexity index is 1040. The van der Waals surface area contributed by atoms with Gasteiger partial charge in [-0.2, -0.15) is 0 Å². The van der Waals surface area contributed by atoms with Crippen LogP contribution in [-0.2, 0) is 0 Å². The summed E-state index contributed by atoms with van der Waals surface area (Å²) in [7, 11) is 1.37. The van der Waals surface area contributed by atoms with Gasteiger partial charge in [-0.15, -0.1) is 11.3 Å². The number of aromatic nitrogens is 1. The van der Waals surface area contributed by atoms with E-state index in [0.717, 1.165) is 17.4 Å². The van der Waals surface area contributed by atoms with E-state index >= 15 is 0 Å². The first kappa shape index (κ1) is 18.3. The number of nitrogens with two attached hydrogens (primary N) is 1. The third kappa shape index (κ3) is 3.85. The van der Waals surface area contributed by atoms with Gasteiger partial charge in [0.2, 0.25) is 0 Å². The van der Waals surface area contributed by atoms with Crippen molar-refractivity contribution in [2.24, 2.45) is 0 Å². The van der Waals surface area contributed by atoms with Crippen molar-refractivity contribution in [2.75, 3.05) is 18.2 Å². The molecule has 0 aliphatic carbocycles. The third-order valence-corrected chi connectivity index (χ3v) is 4.42. The normalized spacial score (nSPS) is 10.4. The Morgan fingerprint density at radius 3 is 2.78 bits per heavy atom. The third-order valence-electron chi connectivity index (χ3n) is 3.66. The number of thiazole rings is 1. The number of rotatable bonds is 5. The largest absolute Gasteiger partial charge is 0.494 e. The van der Waals surface area contributed by atoms with Gasteiger partial charge >= 0.3 is 0 Å². The van der Waals surface area contributed by atoms with Gasteiger partial charge in [-0.1, -0.05) is 0 Å². The predicted octanol–water partition coefficient (Wildman–Crippen LogP) is 3.70. The van der Waals surface area contributed by atoms with Crippen LogP contribution in [0.1, 0.15) is 10.4 Å². The molecule has 27 heavy (non-hydrogen) atoms. The Balaban J connectivity index is 1.80. The van der Waals surface area contributed by atoms with Crippen LogP contribution < -0.4 is 15.8 Å². The van der Waals surface area contributed by atoms with Crippen LogP contribution in [0.5, 0.6) is 5.75 Å². The van der Waals surface area contributed by atoms with Crippen LogP contribution in [0.15, 0.2) is 41.8 Å². The summed E-state index contributed by atoms with van der Waals surface area (Å²) in [4.78, 5) is 26.8. The molecule has 3 rings (SSSR count). The number of benzene rings is 2. The van der Waals surface area contributed by atoms with Crippen molar-refractivity contribution in [1.29, 1.82) is 0 Å². The Labute approximate surface area is 156 Å². The van der Waals surface area contributed by atoms with E-state index in [4.69, 9.17) is 10.5 Å². The molecule has 0 spiro atoms. The molecule has 1 heterocycles. The SMILES string of the molecule is COc1ccc(-c2csc(NC(=O)c3ccc(N)c([N+](=O)[O-])c3)n2)cc1F. The molecule has 0 bridgehead atoms. The number of nitro groups is 1. The van der Waals surface area contributed by atoms with E-state index in [1.54, 1.807) is 11.4 Å². The van der Waals surface area contributed by atoms with E-state index in [9.17, 15) is 19.3 Å². The lowest BCUT2D eigenvalue weighted by Crippen LogP contribution is -2.12. The summed E-state index contributed by atoms with van der Waals surface area (Å²) in [6, 6.07) is 8.17. The summed E-state index contributed by atoms with van der Waals surface area (Å²) in [6.07, 6.45) is 0. The lowest BCUT2D eigenvalue weighted by molar-refractivity contribution is -0.383. The van der Waals surface area contributed by atoms with Gasteiger partial charge in [0.1, 0.15) is 5.69 Å². The number of carbonyl (C=O) groups excluding carboxylic acids is 1. The molecule has 0 aliphatic rings. The summed E-state index contributed by atoms with van der Waals surface area (Å²) in [5.41, 5.74) is 6.20. The average molecular weight is 388 g/mol. The summed E-state index contributed by atoms with van der Waals surface area (Å²) >= 11 is 1.14. The molecule has 2 aromatic carbocycles. The molecule has 10 heteroatoms. The Morgan fingerprint density at radius 2 is 2.11 bits per heavy atom. The number of amides is 1. The number of nitro benzene ring substituents is 1. The van der Waals surface area contributed by atoms with Gasteiger partial charge in [-0.25, -0.2) is 9.37 Å². The zero-order valence-corrected chi connectivity index (χ0v) is 14.7. The van der Waals surface area contributed by atoms with Gasteiger partial charge in [-0.05, 0) is 30.3 Å². The van der Waals surface area contributed by atoms with Crippen molar-refractivity contribution in [1.82, 2.24) is 4.98 Å². The molecule has 0 atom stereocenters. The summed E-state index contributed by atoms with van der Waals surface area (Å²) in [6.45, 7) is 0. The molecule has 1 aromatic heterocycles. The minimum Gasteiger partial charge on any atom is -0.494 e. The standard InChI is InChI=1S/C17H13FN4O4S/c1-26-15-5-3-9(6-11(15)18)13-8-27-17(20-13)21-16(23)10-2-4-12(19)14(7-10)22(24)25/h2-8H,19H2,1H3,(H,20,21,23). The van der Waals surface area contributed by atoms with Gasteiger partial charge < -0.3 is 10.5 Å². The van der Waals surface area contributed by atoms with Crippen molar-refractivity contribution in [2.45, 2.75) is 0 Å². The van der Waals surface area contributed by atoms with Crippen LogP contribution >= 0.6 is 11.3 Å². The monoisotopic (exact) mass is 388 g/mol. The van der Waals surface area contributed by atoms with Crippen LogP contribution in [0, 0.1) is 15.9 Å². The van der Waals surface area contributed by atoms with Gasteiger partial charge in [0.25, 0.3) is 11.6 Å². The summed E-state index contributed by atoms with van der Waals surface area (Å²) in [5, 5.41) is 15.4. The fourth-order valence-electron chi connectivity index (χ4n) is 2.30. The van der Waals surface area contributed by atoms with Gasteiger partial charge in [0, 0.05) is 22.6 Å². The number of nitrogens with one attached hydrogen (secondary N) is 1. The van der Waals surface area contributed by atoms with Crippen molar-refractivity contribution in [3.63, 3.8) is 0 Å². The molecule has 0 saturated heterocycles. The fourth-order valence-corrected chi connectivity index (χ4v) is 3.02. The topological polar surface area (TPSA) is 120 Å². The zero-order valence-electron chi connectivity index (χ0n) is 13.9. The van der Waals surface area contributed by atoms with E-state index in [2.05, 4.69) is 10.3 Å². The maximum absolute atomic E-state index is 13.8. The molecule has 0 radical (unpaired) electrons. The highest BCUT2D eigenvalue weighted by Gasteiger charge is 2.17. The number of hydrogen-bond donors (Lipinski definition) is 2. The van der Waals surface area contributed by atoms with Crippen LogP contribution in [0.2, 0.25) is 0 Å². The molecule has 0 fully saturated rings. The number of carbonyl (C=O) groups is 1. The smallest absolute Gasteiger partial charge is 0.292 e. The Kier molecular flexibility index (Phi) is 4.99. The van der Waals surface area contributed by atoms with Crippen LogP contribution in [-0.4, -0.2) is 22.9 Å². The van der Waals surface area contributed by atoms with Crippen molar-refractivity contribution < 1.29 is 18.8 Å². The highest BCUT2D eigenvalue weighted by atomic mass is 32.1. The van der Waals surface area contributed by atoms with Crippen LogP contribution in [0.25, 0.3) is 11.3 Å². The second-order valence-corrected chi connectivity index (χ2v) is 6.23. The fraction of sp³-hybridized carbons (Fsp3) is 0.0588. The molecule has 0 unspecified atom stereocenters. The van der Waals surface area contributed by atoms with E-state index in [-0.39, 0.29) is 27.8 Å². The second-order valence-electron chi connectivity index (χ2n) is 5.37. The number of nitrogen functional groups attached to an aromatic ring is 1. The molecule has 138 valence electrons. The lowest BCUT2D eigenvalue weighted by atomic mass is 10.1. The number of anilines is 2. The minimum absolute atomic E-state index is 0.0328. The number of halogens is 1. The van der Waals surface area contributed by atoms with Crippen molar-refractivity contribution in [3.8, 4) is 17.0 Å². The quantitative estimate of drug-likeness (QED) is 0.391. The maximum Gasteiger partial charge on any atom is 0.292 e. The highest BCUT2D eigenvalue weighted by molar-refractivity contribution is 7.14. The first-order valence-electron chi connectivity index (χ1n) is 7.53. The first-order chi connectivity index (χ1) is 12.9. The molecular formula is C17H13FN4O4S. The molecule has 8 nitrogen and oxygen atoms in total. The Morgan fingerprint density at radius 1 is 1.33 bits per heavy atom. The van der Waals surface area contributed by atoms with E-state index in [1.165, 1.54) is 31.4 Å². The maximum atomic E-state index is 13.8. The van der Waals surface area contributed by atoms with Crippen LogP contribution in [0.4, 0.5) is 20.9 Å². The molecule has 1 amide bonds. The Hall–Kier alpha value is -3.53.